The Balaban J connectivity index is 3.60. The highest BCUT2D eigenvalue weighted by Gasteiger charge is 2.37. The highest BCUT2D eigenvalue weighted by atomic mass is 28.4. The molecule has 0 aromatic rings. The molecular weight excluding hydrogens is 412 g/mol. The summed E-state index contributed by atoms with van der Waals surface area (Å²) in [6.45, 7) is 6.37. The van der Waals surface area contributed by atoms with Gasteiger partial charge in [-0.25, -0.2) is 0 Å². The standard InChI is InChI=1S/C18H44N2O7Si2/c1-18(27-14-8-9-15-28(21-2,22-3)23-4)17-20-13-12-19-11-10-16-29(24-5,25-6)26-7/h18-20H,8-17H2,1-7H3. The minimum absolute atomic E-state index is 0.181. The van der Waals surface area contributed by atoms with Gasteiger partial charge in [0.25, 0.3) is 0 Å². The molecule has 1 atom stereocenters. The van der Waals surface area contributed by atoms with E-state index in [9.17, 15) is 0 Å². The van der Waals surface area contributed by atoms with Crippen molar-refractivity contribution in [1.82, 2.24) is 10.6 Å². The first-order valence-electron chi connectivity index (χ1n) is 10.3. The number of nitrogens with one attached hydrogen (secondary N) is 2. The predicted octanol–water partition coefficient (Wildman–Crippen LogP) is 1.50. The second kappa shape index (κ2) is 17.7. The lowest BCUT2D eigenvalue weighted by molar-refractivity contribution is 0.0627. The summed E-state index contributed by atoms with van der Waals surface area (Å²) in [7, 11) is 4.99. The highest BCUT2D eigenvalue weighted by molar-refractivity contribution is 6.60. The number of unbranched alkanes of at least 4 members (excludes halogenated alkanes) is 1. The van der Waals surface area contributed by atoms with Crippen LogP contribution in [0.5, 0.6) is 0 Å². The van der Waals surface area contributed by atoms with E-state index < -0.39 is 17.6 Å². The van der Waals surface area contributed by atoms with Gasteiger partial charge >= 0.3 is 17.6 Å². The molecule has 0 aromatic heterocycles. The van der Waals surface area contributed by atoms with Crippen LogP contribution in [0.2, 0.25) is 12.1 Å². The Hall–Kier alpha value is 0.0738. The van der Waals surface area contributed by atoms with Crippen LogP contribution in [0.4, 0.5) is 0 Å². The SMILES string of the molecule is CO[Si](CCCCOC(C)CNCCNCCC[Si](OC)(OC)OC)(OC)OC. The summed E-state index contributed by atoms with van der Waals surface area (Å²) in [5.74, 6) is 0. The van der Waals surface area contributed by atoms with Gasteiger partial charge in [0.05, 0.1) is 6.10 Å². The van der Waals surface area contributed by atoms with Crippen LogP contribution in [-0.4, -0.2) is 99.2 Å². The lowest BCUT2D eigenvalue weighted by atomic mass is 10.3. The first-order chi connectivity index (χ1) is 14.0. The minimum atomic E-state index is -2.45. The maximum absolute atomic E-state index is 5.85. The van der Waals surface area contributed by atoms with Crippen LogP contribution in [-0.2, 0) is 31.3 Å². The Morgan fingerprint density at radius 1 is 0.621 bits per heavy atom. The molecule has 0 saturated carbocycles. The summed E-state index contributed by atoms with van der Waals surface area (Å²) in [6.07, 6.45) is 3.07. The summed E-state index contributed by atoms with van der Waals surface area (Å²) in [5.41, 5.74) is 0. The second-order valence-corrected chi connectivity index (χ2v) is 13.0. The van der Waals surface area contributed by atoms with Crippen LogP contribution >= 0.6 is 0 Å². The second-order valence-electron chi connectivity index (χ2n) is 6.79. The van der Waals surface area contributed by atoms with Crippen LogP contribution in [0.25, 0.3) is 0 Å². The van der Waals surface area contributed by atoms with E-state index in [-0.39, 0.29) is 6.10 Å². The van der Waals surface area contributed by atoms with Gasteiger partial charge in [0.1, 0.15) is 0 Å². The molecule has 0 aromatic carbocycles. The van der Waals surface area contributed by atoms with Crippen molar-refractivity contribution in [2.75, 3.05) is 75.4 Å². The van der Waals surface area contributed by atoms with Crippen LogP contribution < -0.4 is 10.6 Å². The molecule has 0 aliphatic carbocycles. The van der Waals surface area contributed by atoms with E-state index in [0.717, 1.165) is 64.1 Å². The molecular formula is C18H44N2O7Si2. The fraction of sp³-hybridized carbons (Fsp3) is 1.00. The molecule has 1 unspecified atom stereocenters. The summed E-state index contributed by atoms with van der Waals surface area (Å²) >= 11 is 0. The Labute approximate surface area is 179 Å². The van der Waals surface area contributed by atoms with E-state index in [1.165, 1.54) is 0 Å². The van der Waals surface area contributed by atoms with Crippen molar-refractivity contribution in [3.63, 3.8) is 0 Å². The van der Waals surface area contributed by atoms with E-state index >= 15 is 0 Å². The fourth-order valence-corrected chi connectivity index (χ4v) is 6.45. The van der Waals surface area contributed by atoms with Gasteiger partial charge in [0.2, 0.25) is 0 Å². The van der Waals surface area contributed by atoms with E-state index in [1.54, 1.807) is 42.7 Å². The van der Waals surface area contributed by atoms with Crippen molar-refractivity contribution in [2.24, 2.45) is 0 Å². The van der Waals surface area contributed by atoms with Crippen molar-refractivity contribution in [2.45, 2.75) is 44.4 Å². The van der Waals surface area contributed by atoms with Gasteiger partial charge in [-0.15, -0.1) is 0 Å². The molecule has 0 heterocycles. The summed E-state index contributed by atoms with van der Waals surface area (Å²) in [6, 6.07) is 1.62. The zero-order valence-corrected chi connectivity index (χ0v) is 21.5. The third-order valence-corrected chi connectivity index (χ3v) is 10.6. The number of hydrogen-bond donors (Lipinski definition) is 2. The number of rotatable bonds is 21. The molecule has 0 aliphatic rings. The van der Waals surface area contributed by atoms with Crippen molar-refractivity contribution in [3.8, 4) is 0 Å². The van der Waals surface area contributed by atoms with Gasteiger partial charge in [-0.1, -0.05) is 0 Å². The molecule has 2 N–H and O–H groups in total. The summed E-state index contributed by atoms with van der Waals surface area (Å²) < 4.78 is 38.3. The van der Waals surface area contributed by atoms with E-state index in [0.29, 0.717) is 0 Å². The van der Waals surface area contributed by atoms with Crippen molar-refractivity contribution in [1.29, 1.82) is 0 Å². The Morgan fingerprint density at radius 2 is 1.10 bits per heavy atom. The smallest absolute Gasteiger partial charge is 0.377 e. The lowest BCUT2D eigenvalue weighted by Gasteiger charge is -2.24. The number of hydrogen-bond acceptors (Lipinski definition) is 9. The average molecular weight is 457 g/mol. The van der Waals surface area contributed by atoms with Crippen molar-refractivity contribution >= 4 is 17.6 Å². The van der Waals surface area contributed by atoms with E-state index in [2.05, 4.69) is 17.6 Å². The maximum Gasteiger partial charge on any atom is 0.500 e. The maximum atomic E-state index is 5.85. The number of ether oxygens (including phenoxy) is 1. The summed E-state index contributed by atoms with van der Waals surface area (Å²) in [5, 5.41) is 6.83. The third-order valence-electron chi connectivity index (χ3n) is 4.89. The molecule has 0 saturated heterocycles. The van der Waals surface area contributed by atoms with Gasteiger partial charge in [0, 0.05) is 81.0 Å². The van der Waals surface area contributed by atoms with E-state index in [1.807, 2.05) is 0 Å². The van der Waals surface area contributed by atoms with Gasteiger partial charge in [-0.3, -0.25) is 0 Å². The monoisotopic (exact) mass is 456 g/mol. The zero-order chi connectivity index (χ0) is 22.0. The molecule has 0 spiro atoms. The molecule has 0 rings (SSSR count). The zero-order valence-electron chi connectivity index (χ0n) is 19.5. The quantitative estimate of drug-likeness (QED) is 0.197. The predicted molar refractivity (Wildman–Crippen MR) is 118 cm³/mol. The molecule has 0 radical (unpaired) electrons. The van der Waals surface area contributed by atoms with Crippen LogP contribution in [0.15, 0.2) is 0 Å². The minimum Gasteiger partial charge on any atom is -0.377 e. The van der Waals surface area contributed by atoms with Gasteiger partial charge in [-0.2, -0.15) is 0 Å². The molecule has 176 valence electrons. The normalized spacial score (nSPS) is 13.8. The van der Waals surface area contributed by atoms with Crippen molar-refractivity contribution < 1.29 is 31.3 Å². The highest BCUT2D eigenvalue weighted by Crippen LogP contribution is 2.16. The topological polar surface area (TPSA) is 88.7 Å². The van der Waals surface area contributed by atoms with Gasteiger partial charge in [0.15, 0.2) is 0 Å². The van der Waals surface area contributed by atoms with Gasteiger partial charge < -0.3 is 41.9 Å². The Bertz CT molecular complexity index is 360. The van der Waals surface area contributed by atoms with Crippen LogP contribution in [0, 0.1) is 0 Å². The summed E-state index contributed by atoms with van der Waals surface area (Å²) in [4.78, 5) is 0. The van der Waals surface area contributed by atoms with Crippen LogP contribution in [0.3, 0.4) is 0 Å². The Morgan fingerprint density at radius 3 is 1.62 bits per heavy atom. The Kier molecular flexibility index (Phi) is 17.8. The molecule has 9 nitrogen and oxygen atoms in total. The largest absolute Gasteiger partial charge is 0.500 e. The molecule has 0 fully saturated rings. The molecule has 0 bridgehead atoms. The fourth-order valence-electron chi connectivity index (χ4n) is 2.94. The first kappa shape index (κ1) is 29.1. The van der Waals surface area contributed by atoms with Crippen molar-refractivity contribution in [3.05, 3.63) is 0 Å². The van der Waals surface area contributed by atoms with Gasteiger partial charge in [-0.05, 0) is 32.7 Å². The lowest BCUT2D eigenvalue weighted by Crippen LogP contribution is -2.43. The average Bonchev–Trinajstić information content (AvgIpc) is 2.76. The molecule has 29 heavy (non-hydrogen) atoms. The molecule has 11 heteroatoms. The molecule has 0 aliphatic heterocycles. The van der Waals surface area contributed by atoms with E-state index in [4.69, 9.17) is 31.3 Å². The third kappa shape index (κ3) is 12.5. The first-order valence-corrected chi connectivity index (χ1v) is 14.2. The van der Waals surface area contributed by atoms with Crippen LogP contribution in [0.1, 0.15) is 26.2 Å². The molecule has 0 amide bonds.